The summed E-state index contributed by atoms with van der Waals surface area (Å²) >= 11 is 0. The SMILES string of the molecule is Cc1[nH]c2cc3oc(=O)[nH]c3cc2c1C(=O)O. The molecule has 6 heteroatoms. The van der Waals surface area contributed by atoms with Gasteiger partial charge in [-0.3, -0.25) is 4.98 Å². The highest BCUT2D eigenvalue weighted by Crippen LogP contribution is 2.26. The van der Waals surface area contributed by atoms with Gasteiger partial charge in [0, 0.05) is 17.1 Å². The van der Waals surface area contributed by atoms with Crippen molar-refractivity contribution in [2.75, 3.05) is 0 Å². The molecule has 0 spiro atoms. The number of aryl methyl sites for hydroxylation is 1. The lowest BCUT2D eigenvalue weighted by atomic mass is 10.1. The van der Waals surface area contributed by atoms with Gasteiger partial charge in [-0.2, -0.15) is 0 Å². The Morgan fingerprint density at radius 2 is 2.06 bits per heavy atom. The summed E-state index contributed by atoms with van der Waals surface area (Å²) in [5.41, 5.74) is 2.31. The quantitative estimate of drug-likeness (QED) is 0.593. The number of aromatic carboxylic acids is 1. The first-order valence-electron chi connectivity index (χ1n) is 4.94. The largest absolute Gasteiger partial charge is 0.478 e. The molecule has 3 N–H and O–H groups in total. The molecule has 3 aromatic rings. The molecule has 0 atom stereocenters. The fourth-order valence-electron chi connectivity index (χ4n) is 2.05. The van der Waals surface area contributed by atoms with Crippen LogP contribution in [0.3, 0.4) is 0 Å². The molecule has 0 bridgehead atoms. The van der Waals surface area contributed by atoms with Crippen molar-refractivity contribution in [1.82, 2.24) is 9.97 Å². The van der Waals surface area contributed by atoms with E-state index in [1.54, 1.807) is 19.1 Å². The van der Waals surface area contributed by atoms with Crippen LogP contribution in [0.5, 0.6) is 0 Å². The van der Waals surface area contributed by atoms with Crippen molar-refractivity contribution in [3.05, 3.63) is 33.9 Å². The monoisotopic (exact) mass is 232 g/mol. The van der Waals surface area contributed by atoms with E-state index in [9.17, 15) is 9.59 Å². The third kappa shape index (κ3) is 1.27. The lowest BCUT2D eigenvalue weighted by molar-refractivity contribution is 0.0698. The summed E-state index contributed by atoms with van der Waals surface area (Å²) in [7, 11) is 0. The van der Waals surface area contributed by atoms with Gasteiger partial charge in [0.25, 0.3) is 0 Å². The second-order valence-electron chi connectivity index (χ2n) is 3.84. The lowest BCUT2D eigenvalue weighted by Crippen LogP contribution is -1.97. The first-order valence-corrected chi connectivity index (χ1v) is 4.94. The second-order valence-corrected chi connectivity index (χ2v) is 3.84. The maximum Gasteiger partial charge on any atom is 0.417 e. The second kappa shape index (κ2) is 3.00. The first-order chi connectivity index (χ1) is 8.06. The molecule has 0 saturated carbocycles. The van der Waals surface area contributed by atoms with Crippen LogP contribution < -0.4 is 5.76 Å². The minimum atomic E-state index is -1.00. The van der Waals surface area contributed by atoms with Gasteiger partial charge in [0.15, 0.2) is 5.58 Å². The van der Waals surface area contributed by atoms with Crippen molar-refractivity contribution in [1.29, 1.82) is 0 Å². The van der Waals surface area contributed by atoms with Crippen molar-refractivity contribution < 1.29 is 14.3 Å². The van der Waals surface area contributed by atoms with E-state index in [-0.39, 0.29) is 5.56 Å². The fraction of sp³-hybridized carbons (Fsp3) is 0.0909. The molecular weight excluding hydrogens is 224 g/mol. The van der Waals surface area contributed by atoms with E-state index in [1.165, 1.54) is 0 Å². The van der Waals surface area contributed by atoms with Crippen molar-refractivity contribution in [2.24, 2.45) is 0 Å². The Labute approximate surface area is 93.9 Å². The molecule has 86 valence electrons. The molecule has 0 saturated heterocycles. The van der Waals surface area contributed by atoms with Gasteiger partial charge < -0.3 is 14.5 Å². The summed E-state index contributed by atoms with van der Waals surface area (Å²) in [6.45, 7) is 1.69. The molecule has 0 unspecified atom stereocenters. The number of hydrogen-bond acceptors (Lipinski definition) is 3. The van der Waals surface area contributed by atoms with Gasteiger partial charge in [-0.1, -0.05) is 0 Å². The van der Waals surface area contributed by atoms with E-state index in [2.05, 4.69) is 9.97 Å². The van der Waals surface area contributed by atoms with Gasteiger partial charge in [-0.25, -0.2) is 9.59 Å². The minimum absolute atomic E-state index is 0.212. The topological polar surface area (TPSA) is 99.1 Å². The first kappa shape index (κ1) is 9.71. The van der Waals surface area contributed by atoms with Gasteiger partial charge in [0.05, 0.1) is 16.6 Å². The number of aromatic amines is 2. The molecule has 0 amide bonds. The molecule has 0 aliphatic heterocycles. The molecule has 1 aromatic carbocycles. The van der Waals surface area contributed by atoms with Gasteiger partial charge in [0.1, 0.15) is 0 Å². The number of oxazole rings is 1. The lowest BCUT2D eigenvalue weighted by Gasteiger charge is -1.93. The number of benzene rings is 1. The number of H-pyrrole nitrogens is 2. The van der Waals surface area contributed by atoms with Gasteiger partial charge in [-0.15, -0.1) is 0 Å². The third-order valence-corrected chi connectivity index (χ3v) is 2.74. The number of fused-ring (bicyclic) bond motifs is 2. The van der Waals surface area contributed by atoms with Crippen molar-refractivity contribution in [3.63, 3.8) is 0 Å². The van der Waals surface area contributed by atoms with Crippen LogP contribution >= 0.6 is 0 Å². The Morgan fingerprint density at radius 1 is 1.29 bits per heavy atom. The third-order valence-electron chi connectivity index (χ3n) is 2.74. The van der Waals surface area contributed by atoms with Crippen LogP contribution in [0.2, 0.25) is 0 Å². The molecule has 17 heavy (non-hydrogen) atoms. The number of hydrogen-bond donors (Lipinski definition) is 3. The van der Waals surface area contributed by atoms with Crippen molar-refractivity contribution >= 4 is 28.0 Å². The zero-order chi connectivity index (χ0) is 12.2. The van der Waals surface area contributed by atoms with E-state index >= 15 is 0 Å². The van der Waals surface area contributed by atoms with E-state index in [1.807, 2.05) is 0 Å². The summed E-state index contributed by atoms with van der Waals surface area (Å²) in [5, 5.41) is 9.67. The van der Waals surface area contributed by atoms with E-state index < -0.39 is 11.7 Å². The average molecular weight is 232 g/mol. The summed E-state index contributed by atoms with van der Waals surface area (Å²) in [5.74, 6) is -1.56. The van der Waals surface area contributed by atoms with Gasteiger partial charge in [0.2, 0.25) is 0 Å². The Bertz CT molecular complexity index is 806. The normalized spacial score (nSPS) is 11.4. The summed E-state index contributed by atoms with van der Waals surface area (Å²) < 4.78 is 4.91. The van der Waals surface area contributed by atoms with Crippen LogP contribution in [0.25, 0.3) is 22.0 Å². The number of carbonyl (C=O) groups is 1. The summed E-state index contributed by atoms with van der Waals surface area (Å²) in [4.78, 5) is 27.6. The zero-order valence-corrected chi connectivity index (χ0v) is 8.83. The number of carboxylic acid groups (broad SMARTS) is 1. The molecule has 2 heterocycles. The maximum absolute atomic E-state index is 11.1. The zero-order valence-electron chi connectivity index (χ0n) is 8.83. The predicted molar refractivity (Wildman–Crippen MR) is 60.4 cm³/mol. The maximum atomic E-state index is 11.1. The Balaban J connectivity index is 2.50. The smallest absolute Gasteiger partial charge is 0.417 e. The minimum Gasteiger partial charge on any atom is -0.478 e. The van der Waals surface area contributed by atoms with Crippen LogP contribution in [0.1, 0.15) is 16.1 Å². The van der Waals surface area contributed by atoms with E-state index in [0.717, 1.165) is 0 Å². The van der Waals surface area contributed by atoms with Crippen LogP contribution in [-0.2, 0) is 0 Å². The molecule has 3 rings (SSSR count). The van der Waals surface area contributed by atoms with Crippen molar-refractivity contribution in [2.45, 2.75) is 6.92 Å². The Hall–Kier alpha value is -2.50. The number of aromatic nitrogens is 2. The standard InChI is InChI=1S/C11H8N2O4/c1-4-9(10(14)15)5-2-7-8(3-6(5)12-4)17-11(16)13-7/h2-3,12H,1H3,(H,13,16)(H,14,15). The molecule has 0 fully saturated rings. The number of rotatable bonds is 1. The molecule has 0 aliphatic rings. The summed E-state index contributed by atoms with van der Waals surface area (Å²) in [6, 6.07) is 3.21. The van der Waals surface area contributed by atoms with Crippen LogP contribution in [0, 0.1) is 6.92 Å². The van der Waals surface area contributed by atoms with E-state index in [4.69, 9.17) is 9.52 Å². The van der Waals surface area contributed by atoms with Crippen LogP contribution in [-0.4, -0.2) is 21.0 Å². The van der Waals surface area contributed by atoms with Crippen LogP contribution in [0.15, 0.2) is 21.3 Å². The highest BCUT2D eigenvalue weighted by atomic mass is 16.4. The van der Waals surface area contributed by atoms with E-state index in [0.29, 0.717) is 27.7 Å². The Morgan fingerprint density at radius 3 is 2.76 bits per heavy atom. The van der Waals surface area contributed by atoms with Gasteiger partial charge >= 0.3 is 11.7 Å². The number of carboxylic acids is 1. The number of nitrogens with one attached hydrogen (secondary N) is 2. The molecular formula is C11H8N2O4. The fourth-order valence-corrected chi connectivity index (χ4v) is 2.05. The predicted octanol–water partition coefficient (Wildman–Crippen LogP) is 1.61. The molecule has 0 radical (unpaired) electrons. The van der Waals surface area contributed by atoms with Crippen molar-refractivity contribution in [3.8, 4) is 0 Å². The highest BCUT2D eigenvalue weighted by Gasteiger charge is 2.16. The average Bonchev–Trinajstić information content (AvgIpc) is 2.70. The van der Waals surface area contributed by atoms with Crippen LogP contribution in [0.4, 0.5) is 0 Å². The van der Waals surface area contributed by atoms with Gasteiger partial charge in [-0.05, 0) is 13.0 Å². The summed E-state index contributed by atoms with van der Waals surface area (Å²) in [6.07, 6.45) is 0. The highest BCUT2D eigenvalue weighted by molar-refractivity contribution is 6.07. The molecule has 0 aliphatic carbocycles. The molecule has 2 aromatic heterocycles. The Kier molecular flexibility index (Phi) is 1.72. The molecule has 6 nitrogen and oxygen atoms in total.